The van der Waals surface area contributed by atoms with Crippen LogP contribution in [0.15, 0.2) is 97.1 Å². The maximum atomic E-state index is 14.6. The quantitative estimate of drug-likeness (QED) is 0.240. The van der Waals surface area contributed by atoms with Crippen molar-refractivity contribution >= 4 is 11.6 Å². The van der Waals surface area contributed by atoms with E-state index in [1.54, 1.807) is 51.7 Å². The Morgan fingerprint density at radius 3 is 1.05 bits per heavy atom. The van der Waals surface area contributed by atoms with Crippen LogP contribution in [0, 0.1) is 0 Å². The van der Waals surface area contributed by atoms with E-state index in [1.165, 1.54) is 6.07 Å². The number of ketones is 2. The lowest BCUT2D eigenvalue weighted by molar-refractivity contribution is 0.0978. The van der Waals surface area contributed by atoms with Gasteiger partial charge in [-0.05, 0) is 81.9 Å². The summed E-state index contributed by atoms with van der Waals surface area (Å²) in [5.74, 6) is 1.03. The fraction of sp³-hybridized carbons (Fsp3) is 0.0857. The van der Waals surface area contributed by atoms with E-state index in [2.05, 4.69) is 0 Å². The summed E-state index contributed by atoms with van der Waals surface area (Å²) >= 11 is 0. The van der Waals surface area contributed by atoms with Gasteiger partial charge in [-0.25, -0.2) is 0 Å². The highest BCUT2D eigenvalue weighted by atomic mass is 16.5. The molecule has 1 aliphatic rings. The highest BCUT2D eigenvalue weighted by molar-refractivity contribution is 6.34. The molecule has 5 aromatic rings. The molecule has 6 nitrogen and oxygen atoms in total. The third-order valence-corrected chi connectivity index (χ3v) is 7.50. The van der Waals surface area contributed by atoms with Crippen LogP contribution < -0.4 is 14.2 Å². The first-order valence-electron chi connectivity index (χ1n) is 13.0. The van der Waals surface area contributed by atoms with Crippen molar-refractivity contribution < 1.29 is 28.9 Å². The lowest BCUT2D eigenvalue weighted by atomic mass is 9.75. The number of ether oxygens (including phenoxy) is 3. The Kier molecular flexibility index (Phi) is 6.52. The molecule has 0 aromatic heterocycles. The molecule has 6 heteroatoms. The molecule has 0 heterocycles. The van der Waals surface area contributed by atoms with Gasteiger partial charge in [0.2, 0.25) is 0 Å². The van der Waals surface area contributed by atoms with Gasteiger partial charge in [0.25, 0.3) is 0 Å². The minimum Gasteiger partial charge on any atom is -0.507 e. The van der Waals surface area contributed by atoms with Crippen molar-refractivity contribution in [1.29, 1.82) is 0 Å². The summed E-state index contributed by atoms with van der Waals surface area (Å²) in [7, 11) is 4.76. The first-order valence-corrected chi connectivity index (χ1v) is 13.0. The van der Waals surface area contributed by atoms with Crippen molar-refractivity contribution in [2.24, 2.45) is 0 Å². The number of phenolic OH excluding ortho intramolecular Hbond substituents is 1. The molecule has 0 radical (unpaired) electrons. The van der Waals surface area contributed by atoms with Crippen LogP contribution in [0.1, 0.15) is 31.8 Å². The Hall–Kier alpha value is -5.36. The van der Waals surface area contributed by atoms with Crippen LogP contribution in [0.4, 0.5) is 0 Å². The molecule has 202 valence electrons. The second kappa shape index (κ2) is 10.3. The fourth-order valence-corrected chi connectivity index (χ4v) is 5.42. The van der Waals surface area contributed by atoms with Gasteiger partial charge in [0.15, 0.2) is 11.6 Å². The van der Waals surface area contributed by atoms with E-state index in [0.29, 0.717) is 39.5 Å². The SMILES string of the molecule is COc1ccc(-c2ccc(O)c3c2C(=O)c2c(-c4ccc(OC)cc4)ccc(-c4ccc(OC)cc4)c2C3=O)cc1. The van der Waals surface area contributed by atoms with Crippen LogP contribution in [-0.4, -0.2) is 38.0 Å². The molecule has 0 saturated carbocycles. The van der Waals surface area contributed by atoms with Crippen molar-refractivity contribution in [3.63, 3.8) is 0 Å². The average Bonchev–Trinajstić information content (AvgIpc) is 3.03. The minimum atomic E-state index is -0.413. The number of fused-ring (bicyclic) bond motifs is 2. The lowest BCUT2D eigenvalue weighted by Gasteiger charge is -2.26. The van der Waals surface area contributed by atoms with Gasteiger partial charge in [-0.15, -0.1) is 0 Å². The van der Waals surface area contributed by atoms with Crippen molar-refractivity contribution in [1.82, 2.24) is 0 Å². The smallest absolute Gasteiger partial charge is 0.198 e. The minimum absolute atomic E-state index is 0.00235. The molecule has 0 saturated heterocycles. The predicted molar refractivity (Wildman–Crippen MR) is 157 cm³/mol. The number of carbonyl (C=O) groups is 2. The molecular formula is C35H26O6. The van der Waals surface area contributed by atoms with Crippen molar-refractivity contribution in [2.45, 2.75) is 0 Å². The maximum absolute atomic E-state index is 14.6. The van der Waals surface area contributed by atoms with Crippen molar-refractivity contribution in [2.75, 3.05) is 21.3 Å². The molecule has 1 N–H and O–H groups in total. The van der Waals surface area contributed by atoms with E-state index in [4.69, 9.17) is 14.2 Å². The normalized spacial score (nSPS) is 12.0. The fourth-order valence-electron chi connectivity index (χ4n) is 5.42. The molecule has 5 aromatic carbocycles. The van der Waals surface area contributed by atoms with Crippen molar-refractivity contribution in [3.05, 3.63) is 119 Å². The van der Waals surface area contributed by atoms with E-state index in [-0.39, 0.29) is 28.2 Å². The first-order chi connectivity index (χ1) is 19.9. The topological polar surface area (TPSA) is 82.1 Å². The van der Waals surface area contributed by atoms with Crippen LogP contribution >= 0.6 is 0 Å². The zero-order valence-corrected chi connectivity index (χ0v) is 22.7. The van der Waals surface area contributed by atoms with Gasteiger partial charge in [0, 0.05) is 16.7 Å². The summed E-state index contributed by atoms with van der Waals surface area (Å²) < 4.78 is 15.9. The van der Waals surface area contributed by atoms with Gasteiger partial charge in [-0.3, -0.25) is 9.59 Å². The third-order valence-electron chi connectivity index (χ3n) is 7.50. The van der Waals surface area contributed by atoms with E-state index in [9.17, 15) is 14.7 Å². The molecule has 0 fully saturated rings. The lowest BCUT2D eigenvalue weighted by Crippen LogP contribution is -2.24. The Labute approximate surface area is 237 Å². The number of hydrogen-bond donors (Lipinski definition) is 1. The Morgan fingerprint density at radius 2 is 0.707 bits per heavy atom. The molecular weight excluding hydrogens is 516 g/mol. The van der Waals surface area contributed by atoms with Gasteiger partial charge in [0.1, 0.15) is 23.0 Å². The number of benzene rings is 5. The molecule has 41 heavy (non-hydrogen) atoms. The Morgan fingerprint density at radius 1 is 0.415 bits per heavy atom. The van der Waals surface area contributed by atoms with Crippen LogP contribution in [0.25, 0.3) is 33.4 Å². The van der Waals surface area contributed by atoms with Crippen LogP contribution in [0.5, 0.6) is 23.0 Å². The molecule has 0 atom stereocenters. The Bertz CT molecular complexity index is 1800. The maximum Gasteiger partial charge on any atom is 0.198 e. The number of hydrogen-bond acceptors (Lipinski definition) is 6. The summed E-state index contributed by atoms with van der Waals surface area (Å²) in [6.07, 6.45) is 0. The van der Waals surface area contributed by atoms with E-state index in [0.717, 1.165) is 16.7 Å². The highest BCUT2D eigenvalue weighted by Gasteiger charge is 2.38. The molecule has 0 aliphatic heterocycles. The summed E-state index contributed by atoms with van der Waals surface area (Å²) in [5.41, 5.74) is 4.73. The van der Waals surface area contributed by atoms with Crippen LogP contribution in [-0.2, 0) is 0 Å². The standard InChI is InChI=1S/C35H26O6/c1-39-23-10-4-20(5-11-23)26-16-17-27(21-6-12-24(40-2)13-7-21)31-30(26)34(37)32-28(18-19-29(36)33(32)35(31)38)22-8-14-25(41-3)15-9-22/h4-19,36H,1-3H3. The molecule has 0 spiro atoms. The molecule has 0 unspecified atom stereocenters. The van der Waals surface area contributed by atoms with Gasteiger partial charge >= 0.3 is 0 Å². The summed E-state index contributed by atoms with van der Waals surface area (Å²) in [6, 6.07) is 28.8. The zero-order valence-electron chi connectivity index (χ0n) is 22.7. The van der Waals surface area contributed by atoms with Gasteiger partial charge in [0.05, 0.1) is 26.9 Å². The Balaban J connectivity index is 1.63. The zero-order chi connectivity index (χ0) is 28.7. The van der Waals surface area contributed by atoms with Gasteiger partial charge in [-0.2, -0.15) is 0 Å². The molecule has 1 aliphatic carbocycles. The predicted octanol–water partition coefficient (Wildman–Crippen LogP) is 7.19. The van der Waals surface area contributed by atoms with Gasteiger partial charge < -0.3 is 19.3 Å². The average molecular weight is 543 g/mol. The number of rotatable bonds is 6. The highest BCUT2D eigenvalue weighted by Crippen LogP contribution is 2.45. The van der Waals surface area contributed by atoms with E-state index in [1.807, 2.05) is 60.7 Å². The van der Waals surface area contributed by atoms with Crippen LogP contribution in [0.2, 0.25) is 0 Å². The summed E-state index contributed by atoms with van der Waals surface area (Å²) in [4.78, 5) is 29.0. The molecule has 6 rings (SSSR count). The summed E-state index contributed by atoms with van der Waals surface area (Å²) in [5, 5.41) is 11.0. The number of carbonyl (C=O) groups excluding carboxylic acids is 2. The van der Waals surface area contributed by atoms with Crippen molar-refractivity contribution in [3.8, 4) is 56.4 Å². The van der Waals surface area contributed by atoms with Crippen LogP contribution in [0.3, 0.4) is 0 Å². The monoisotopic (exact) mass is 542 g/mol. The van der Waals surface area contributed by atoms with E-state index < -0.39 is 5.78 Å². The molecule has 0 bridgehead atoms. The summed E-state index contributed by atoms with van der Waals surface area (Å²) in [6.45, 7) is 0. The molecule has 0 amide bonds. The second-order valence-corrected chi connectivity index (χ2v) is 9.64. The van der Waals surface area contributed by atoms with E-state index >= 15 is 0 Å². The number of methoxy groups -OCH3 is 3. The number of phenols is 1. The van der Waals surface area contributed by atoms with Gasteiger partial charge in [-0.1, -0.05) is 48.5 Å². The second-order valence-electron chi connectivity index (χ2n) is 9.64. The largest absolute Gasteiger partial charge is 0.507 e. The number of aromatic hydroxyl groups is 1. The third kappa shape index (κ3) is 4.30. The first kappa shape index (κ1) is 25.9.